The summed E-state index contributed by atoms with van der Waals surface area (Å²) in [5.41, 5.74) is 1.59. The number of aliphatic hydroxyl groups is 1. The van der Waals surface area contributed by atoms with Crippen molar-refractivity contribution >= 4 is 5.69 Å². The Morgan fingerprint density at radius 3 is 2.43 bits per heavy atom. The van der Waals surface area contributed by atoms with Gasteiger partial charge in [-0.05, 0) is 37.9 Å². The number of aliphatic hydroxyl groups excluding tert-OH is 1. The van der Waals surface area contributed by atoms with Crippen LogP contribution in [0.1, 0.15) is 52.1 Å². The van der Waals surface area contributed by atoms with Gasteiger partial charge in [0.1, 0.15) is 5.82 Å². The number of hydrogen-bond acceptors (Lipinski definition) is 3. The molecule has 120 valence electrons. The Labute approximate surface area is 128 Å². The Morgan fingerprint density at radius 2 is 1.90 bits per heavy atom. The number of hydrogen-bond donors (Lipinski definition) is 2. The Morgan fingerprint density at radius 1 is 1.24 bits per heavy atom. The summed E-state index contributed by atoms with van der Waals surface area (Å²) in [5, 5.41) is 12.7. The highest BCUT2D eigenvalue weighted by Gasteiger charge is 2.23. The van der Waals surface area contributed by atoms with E-state index in [4.69, 9.17) is 0 Å². The van der Waals surface area contributed by atoms with E-state index in [2.05, 4.69) is 19.2 Å². The van der Waals surface area contributed by atoms with Crippen molar-refractivity contribution in [2.45, 2.75) is 52.6 Å². The van der Waals surface area contributed by atoms with Crippen LogP contribution in [-0.2, 0) is 0 Å². The predicted octanol–water partition coefficient (Wildman–Crippen LogP) is 3.48. The van der Waals surface area contributed by atoms with E-state index in [1.54, 1.807) is 6.07 Å². The van der Waals surface area contributed by atoms with E-state index in [-0.39, 0.29) is 24.5 Å². The van der Waals surface area contributed by atoms with Crippen molar-refractivity contribution in [3.8, 4) is 0 Å². The standard InChI is InChI=1S/C17H29FN2O/c1-5-14(6-2)20(11-12-21)17-15(13(4)19-7-3)9-8-10-16(17)18/h8-10,13-14,19,21H,5-7,11-12H2,1-4H3. The fourth-order valence-corrected chi connectivity index (χ4v) is 2.91. The monoisotopic (exact) mass is 296 g/mol. The second-order valence-electron chi connectivity index (χ2n) is 5.34. The van der Waals surface area contributed by atoms with Crippen molar-refractivity contribution in [2.75, 3.05) is 24.6 Å². The van der Waals surface area contributed by atoms with E-state index in [1.807, 2.05) is 24.8 Å². The molecule has 0 radical (unpaired) electrons. The van der Waals surface area contributed by atoms with Crippen molar-refractivity contribution in [1.82, 2.24) is 5.32 Å². The Bertz CT molecular complexity index is 421. The largest absolute Gasteiger partial charge is 0.395 e. The molecule has 0 bridgehead atoms. The summed E-state index contributed by atoms with van der Waals surface area (Å²) < 4.78 is 14.5. The molecule has 0 amide bonds. The molecule has 2 N–H and O–H groups in total. The molecule has 1 atom stereocenters. The van der Waals surface area contributed by atoms with Gasteiger partial charge < -0.3 is 15.3 Å². The van der Waals surface area contributed by atoms with Crippen molar-refractivity contribution in [2.24, 2.45) is 0 Å². The number of halogens is 1. The quantitative estimate of drug-likeness (QED) is 0.732. The molecule has 1 aromatic carbocycles. The fourth-order valence-electron chi connectivity index (χ4n) is 2.91. The van der Waals surface area contributed by atoms with E-state index in [9.17, 15) is 9.50 Å². The zero-order chi connectivity index (χ0) is 15.8. The van der Waals surface area contributed by atoms with Crippen LogP contribution in [0.25, 0.3) is 0 Å². The summed E-state index contributed by atoms with van der Waals surface area (Å²) in [4.78, 5) is 2.03. The van der Waals surface area contributed by atoms with Gasteiger partial charge in [0.25, 0.3) is 0 Å². The lowest BCUT2D eigenvalue weighted by molar-refractivity contribution is 0.295. The molecule has 21 heavy (non-hydrogen) atoms. The Kier molecular flexibility index (Phi) is 7.68. The van der Waals surface area contributed by atoms with Gasteiger partial charge in [-0.2, -0.15) is 0 Å². The van der Waals surface area contributed by atoms with Gasteiger partial charge in [-0.3, -0.25) is 0 Å². The molecule has 0 saturated carbocycles. The summed E-state index contributed by atoms with van der Waals surface area (Å²) in [5.74, 6) is -0.211. The summed E-state index contributed by atoms with van der Waals surface area (Å²) in [7, 11) is 0. The van der Waals surface area contributed by atoms with Crippen molar-refractivity contribution in [3.63, 3.8) is 0 Å². The van der Waals surface area contributed by atoms with Crippen LogP contribution in [0.2, 0.25) is 0 Å². The molecule has 1 unspecified atom stereocenters. The van der Waals surface area contributed by atoms with E-state index >= 15 is 0 Å². The van der Waals surface area contributed by atoms with Gasteiger partial charge in [0.15, 0.2) is 0 Å². The lowest BCUT2D eigenvalue weighted by Crippen LogP contribution is -2.38. The zero-order valence-corrected chi connectivity index (χ0v) is 13.7. The van der Waals surface area contributed by atoms with Crippen molar-refractivity contribution < 1.29 is 9.50 Å². The number of anilines is 1. The van der Waals surface area contributed by atoms with E-state index in [0.29, 0.717) is 12.2 Å². The molecule has 0 aliphatic heterocycles. The first-order chi connectivity index (χ1) is 10.1. The van der Waals surface area contributed by atoms with Crippen molar-refractivity contribution in [3.05, 3.63) is 29.6 Å². The summed E-state index contributed by atoms with van der Waals surface area (Å²) in [6.45, 7) is 9.62. The van der Waals surface area contributed by atoms with Crippen LogP contribution in [0, 0.1) is 5.82 Å². The van der Waals surface area contributed by atoms with Crippen LogP contribution in [-0.4, -0.2) is 30.8 Å². The van der Waals surface area contributed by atoms with Crippen molar-refractivity contribution in [1.29, 1.82) is 0 Å². The van der Waals surface area contributed by atoms with Crippen LogP contribution in [0.5, 0.6) is 0 Å². The van der Waals surface area contributed by atoms with Crippen LogP contribution >= 0.6 is 0 Å². The maximum atomic E-state index is 14.5. The summed E-state index contributed by atoms with van der Waals surface area (Å²) in [6.07, 6.45) is 1.86. The summed E-state index contributed by atoms with van der Waals surface area (Å²) >= 11 is 0. The Hall–Kier alpha value is -1.13. The first kappa shape index (κ1) is 17.9. The summed E-state index contributed by atoms with van der Waals surface area (Å²) in [6, 6.07) is 5.55. The third-order valence-corrected chi connectivity index (χ3v) is 4.01. The highest BCUT2D eigenvalue weighted by Crippen LogP contribution is 2.32. The van der Waals surface area contributed by atoms with Gasteiger partial charge in [-0.25, -0.2) is 4.39 Å². The lowest BCUT2D eigenvalue weighted by Gasteiger charge is -2.35. The van der Waals surface area contributed by atoms with Crippen LogP contribution < -0.4 is 10.2 Å². The minimum Gasteiger partial charge on any atom is -0.395 e. The minimum absolute atomic E-state index is 0.0276. The SMILES string of the molecule is CCNC(C)c1cccc(F)c1N(CCO)C(CC)CC. The minimum atomic E-state index is -0.211. The molecule has 4 heteroatoms. The first-order valence-electron chi connectivity index (χ1n) is 7.99. The predicted molar refractivity (Wildman–Crippen MR) is 87.3 cm³/mol. The molecule has 0 aromatic heterocycles. The molecular weight excluding hydrogens is 267 g/mol. The number of rotatable bonds is 9. The third kappa shape index (κ3) is 4.42. The van der Waals surface area contributed by atoms with E-state index < -0.39 is 0 Å². The molecule has 0 aliphatic rings. The molecule has 0 aliphatic carbocycles. The first-order valence-corrected chi connectivity index (χ1v) is 7.99. The molecule has 0 saturated heterocycles. The lowest BCUT2D eigenvalue weighted by atomic mass is 10.0. The number of nitrogens with zero attached hydrogens (tertiary/aromatic N) is 1. The molecular formula is C17H29FN2O. The Balaban J connectivity index is 3.28. The molecule has 1 aromatic rings. The highest BCUT2D eigenvalue weighted by molar-refractivity contribution is 5.57. The highest BCUT2D eigenvalue weighted by atomic mass is 19.1. The number of para-hydroxylation sites is 1. The number of nitrogens with one attached hydrogen (secondary N) is 1. The second kappa shape index (κ2) is 9.00. The van der Waals surface area contributed by atoms with Gasteiger partial charge in [0.2, 0.25) is 0 Å². The third-order valence-electron chi connectivity index (χ3n) is 4.01. The number of benzene rings is 1. The second-order valence-corrected chi connectivity index (χ2v) is 5.34. The zero-order valence-electron chi connectivity index (χ0n) is 13.7. The average molecular weight is 296 g/mol. The van der Waals surface area contributed by atoms with Crippen LogP contribution in [0.15, 0.2) is 18.2 Å². The van der Waals surface area contributed by atoms with Gasteiger partial charge in [0.05, 0.1) is 12.3 Å². The molecule has 0 fully saturated rings. The van der Waals surface area contributed by atoms with Gasteiger partial charge in [-0.15, -0.1) is 0 Å². The van der Waals surface area contributed by atoms with Crippen LogP contribution in [0.4, 0.5) is 10.1 Å². The smallest absolute Gasteiger partial charge is 0.146 e. The van der Waals surface area contributed by atoms with E-state index in [0.717, 1.165) is 24.9 Å². The maximum Gasteiger partial charge on any atom is 0.146 e. The molecule has 1 rings (SSSR count). The van der Waals surface area contributed by atoms with Gasteiger partial charge in [0, 0.05) is 18.6 Å². The topological polar surface area (TPSA) is 35.5 Å². The fraction of sp³-hybridized carbons (Fsp3) is 0.647. The van der Waals surface area contributed by atoms with Crippen LogP contribution in [0.3, 0.4) is 0 Å². The molecule has 3 nitrogen and oxygen atoms in total. The average Bonchev–Trinajstić information content (AvgIpc) is 2.47. The maximum absolute atomic E-state index is 14.5. The normalized spacial score (nSPS) is 12.7. The molecule has 0 spiro atoms. The van der Waals surface area contributed by atoms with E-state index in [1.165, 1.54) is 6.07 Å². The van der Waals surface area contributed by atoms with Gasteiger partial charge >= 0.3 is 0 Å². The molecule has 0 heterocycles. The van der Waals surface area contributed by atoms with Gasteiger partial charge in [-0.1, -0.05) is 32.9 Å².